The third-order valence-electron chi connectivity index (χ3n) is 12.2. The molecule has 7 rings (SSSR count). The standard InChI is InChI=1S/C37H50ClN3O6S/c1-23-12-13-37(36-46-20-30(21-47-36)40(3)4)31-16-28(34(31)37)18-41-14-6-5-7-25-15-29(38)10-8-27(25)19-45-33-11-9-26(17-32(33)41)35(42)39-48(43,44)22-24(23)2/h8-11,15,17,23-24,28,30-31,34,36H,5-7,12-14,16,18-22H2,1-4H3,(H,39,42)/t23-,24+,28-,30?,31?,34-,36?,37?/m0/s1. The van der Waals surface area contributed by atoms with Crippen molar-refractivity contribution in [3.63, 3.8) is 0 Å². The Morgan fingerprint density at radius 1 is 1.02 bits per heavy atom. The van der Waals surface area contributed by atoms with E-state index in [0.717, 1.165) is 67.9 Å². The summed E-state index contributed by atoms with van der Waals surface area (Å²) < 4.78 is 48.5. The highest BCUT2D eigenvalue weighted by Crippen LogP contribution is 2.77. The molecule has 1 amide bonds. The fraction of sp³-hybridized carbons (Fsp3) is 0.649. The maximum absolute atomic E-state index is 13.4. The number of benzene rings is 2. The van der Waals surface area contributed by atoms with E-state index in [2.05, 4.69) is 35.5 Å². The van der Waals surface area contributed by atoms with Gasteiger partial charge in [-0.05, 0) is 124 Å². The van der Waals surface area contributed by atoms with E-state index in [4.69, 9.17) is 25.8 Å². The van der Waals surface area contributed by atoms with Crippen molar-refractivity contribution in [1.29, 1.82) is 0 Å². The van der Waals surface area contributed by atoms with Crippen molar-refractivity contribution in [2.45, 2.75) is 71.3 Å². The highest BCUT2D eigenvalue weighted by atomic mass is 35.5. The van der Waals surface area contributed by atoms with Gasteiger partial charge in [-0.15, -0.1) is 0 Å². The van der Waals surface area contributed by atoms with Crippen LogP contribution in [-0.2, 0) is 32.5 Å². The molecule has 1 N–H and O–H groups in total. The minimum atomic E-state index is -3.86. The van der Waals surface area contributed by atoms with Gasteiger partial charge in [0, 0.05) is 29.1 Å². The molecule has 3 fully saturated rings. The monoisotopic (exact) mass is 699 g/mol. The van der Waals surface area contributed by atoms with Crippen LogP contribution in [0, 0.1) is 35.0 Å². The number of hydrogen-bond donors (Lipinski definition) is 1. The highest BCUT2D eigenvalue weighted by molar-refractivity contribution is 7.90. The van der Waals surface area contributed by atoms with Crippen molar-refractivity contribution in [2.75, 3.05) is 51.1 Å². The summed E-state index contributed by atoms with van der Waals surface area (Å²) in [5, 5.41) is 0.722. The second kappa shape index (κ2) is 13.4. The maximum atomic E-state index is 13.4. The summed E-state index contributed by atoms with van der Waals surface area (Å²) in [6.45, 7) is 7.43. The Morgan fingerprint density at radius 3 is 2.58 bits per heavy atom. The number of ether oxygens (including phenoxy) is 3. The van der Waals surface area contributed by atoms with Crippen molar-refractivity contribution >= 4 is 33.2 Å². The van der Waals surface area contributed by atoms with Gasteiger partial charge in [-0.3, -0.25) is 4.79 Å². The number of carbonyl (C=O) groups is 1. The molecule has 0 spiro atoms. The van der Waals surface area contributed by atoms with Crippen LogP contribution in [0.4, 0.5) is 5.69 Å². The molecule has 2 aromatic rings. The van der Waals surface area contributed by atoms with E-state index in [1.54, 1.807) is 6.07 Å². The van der Waals surface area contributed by atoms with Gasteiger partial charge in [0.05, 0.1) is 30.7 Å². The van der Waals surface area contributed by atoms with E-state index in [-0.39, 0.29) is 35.3 Å². The number of rotatable bonds is 2. The van der Waals surface area contributed by atoms with Crippen LogP contribution >= 0.6 is 11.6 Å². The lowest BCUT2D eigenvalue weighted by Gasteiger charge is -2.38. The van der Waals surface area contributed by atoms with Gasteiger partial charge in [0.25, 0.3) is 5.91 Å². The number of likely N-dealkylation sites (N-methyl/N-ethyl adjacent to an activating group) is 1. The van der Waals surface area contributed by atoms with Gasteiger partial charge in [0.15, 0.2) is 6.29 Å². The number of aryl methyl sites for hydroxylation is 1. The van der Waals surface area contributed by atoms with Crippen molar-refractivity contribution in [2.24, 2.45) is 35.0 Å². The molecule has 262 valence electrons. The molecule has 3 heterocycles. The zero-order valence-electron chi connectivity index (χ0n) is 28.6. The molecule has 2 unspecified atom stereocenters. The second-order valence-electron chi connectivity index (χ2n) is 15.3. The molecule has 5 aliphatic rings. The SMILES string of the molecule is C[C@@H]1CS(=O)(=O)NC(=O)c2ccc3c(c2)N(CCCCc2cc(Cl)ccc2CO3)C[C@@H]2CC3[C@H]2C3(C2OCC(N(C)C)CO2)CC[C@@H]1C. The predicted octanol–water partition coefficient (Wildman–Crippen LogP) is 5.74. The fourth-order valence-electron chi connectivity index (χ4n) is 8.95. The molecule has 6 atom stereocenters. The van der Waals surface area contributed by atoms with Crippen LogP contribution in [0.2, 0.25) is 5.02 Å². The van der Waals surface area contributed by atoms with E-state index in [9.17, 15) is 13.2 Å². The van der Waals surface area contributed by atoms with E-state index < -0.39 is 15.9 Å². The quantitative estimate of drug-likeness (QED) is 0.424. The zero-order valence-corrected chi connectivity index (χ0v) is 30.2. The number of carbonyl (C=O) groups excluding carboxylic acids is 1. The average Bonchev–Trinajstić information content (AvgIpc) is 3.60. The molecule has 3 aliphatic heterocycles. The fourth-order valence-corrected chi connectivity index (χ4v) is 10.7. The summed E-state index contributed by atoms with van der Waals surface area (Å²) in [5.74, 6) is 1.50. The van der Waals surface area contributed by atoms with Crippen LogP contribution in [-0.4, -0.2) is 77.7 Å². The lowest BCUT2D eigenvalue weighted by atomic mass is 9.84. The lowest BCUT2D eigenvalue weighted by Crippen LogP contribution is -2.47. The molecule has 2 saturated carbocycles. The molecular weight excluding hydrogens is 650 g/mol. The van der Waals surface area contributed by atoms with Crippen LogP contribution in [0.5, 0.6) is 5.75 Å². The summed E-state index contributed by atoms with van der Waals surface area (Å²) in [7, 11) is 0.274. The van der Waals surface area contributed by atoms with Crippen molar-refractivity contribution in [3.8, 4) is 5.75 Å². The first-order chi connectivity index (χ1) is 22.9. The Morgan fingerprint density at radius 2 is 1.81 bits per heavy atom. The molecule has 0 radical (unpaired) electrons. The summed E-state index contributed by atoms with van der Waals surface area (Å²) >= 11 is 6.37. The Kier molecular flexibility index (Phi) is 9.52. The first kappa shape index (κ1) is 34.1. The number of sulfonamides is 1. The van der Waals surface area contributed by atoms with E-state index in [0.29, 0.717) is 48.9 Å². The first-order valence-electron chi connectivity index (χ1n) is 17.7. The molecule has 11 heteroatoms. The lowest BCUT2D eigenvalue weighted by molar-refractivity contribution is -0.237. The zero-order chi connectivity index (χ0) is 33.8. The summed E-state index contributed by atoms with van der Waals surface area (Å²) in [6.07, 6.45) is 5.55. The highest BCUT2D eigenvalue weighted by Gasteiger charge is 2.77. The van der Waals surface area contributed by atoms with Crippen LogP contribution in [0.3, 0.4) is 0 Å². The number of amides is 1. The number of halogens is 1. The van der Waals surface area contributed by atoms with Gasteiger partial charge in [0.1, 0.15) is 12.4 Å². The molecule has 48 heavy (non-hydrogen) atoms. The number of anilines is 1. The minimum Gasteiger partial charge on any atom is -0.487 e. The smallest absolute Gasteiger partial charge is 0.264 e. The number of hydrogen-bond acceptors (Lipinski definition) is 8. The molecule has 9 nitrogen and oxygen atoms in total. The molecular formula is C37H50ClN3O6S. The Balaban J connectivity index is 1.23. The van der Waals surface area contributed by atoms with Gasteiger partial charge in [0.2, 0.25) is 10.0 Å². The largest absolute Gasteiger partial charge is 0.487 e. The molecule has 0 aromatic heterocycles. The number of nitrogens with zero attached hydrogens (tertiary/aromatic N) is 2. The Labute approximate surface area is 290 Å². The summed E-state index contributed by atoms with van der Waals surface area (Å²) in [4.78, 5) is 18.0. The predicted molar refractivity (Wildman–Crippen MR) is 187 cm³/mol. The van der Waals surface area contributed by atoms with Gasteiger partial charge >= 0.3 is 0 Å². The Bertz CT molecular complexity index is 1630. The summed E-state index contributed by atoms with van der Waals surface area (Å²) in [6, 6.07) is 11.5. The van der Waals surface area contributed by atoms with Crippen LogP contribution in [0.25, 0.3) is 0 Å². The van der Waals surface area contributed by atoms with Crippen LogP contribution in [0.1, 0.15) is 67.4 Å². The maximum Gasteiger partial charge on any atom is 0.264 e. The Hall–Kier alpha value is -2.37. The third kappa shape index (κ3) is 6.60. The number of nitrogens with one attached hydrogen (secondary N) is 1. The van der Waals surface area contributed by atoms with E-state index in [1.807, 2.05) is 37.3 Å². The normalized spacial score (nSPS) is 35.2. The van der Waals surface area contributed by atoms with Gasteiger partial charge in [-0.2, -0.15) is 0 Å². The molecule has 2 aliphatic carbocycles. The second-order valence-corrected chi connectivity index (χ2v) is 17.6. The van der Waals surface area contributed by atoms with E-state index in [1.165, 1.54) is 5.56 Å². The first-order valence-corrected chi connectivity index (χ1v) is 19.7. The van der Waals surface area contributed by atoms with Crippen LogP contribution in [0.15, 0.2) is 36.4 Å². The summed E-state index contributed by atoms with van der Waals surface area (Å²) in [5.41, 5.74) is 3.38. The van der Waals surface area contributed by atoms with Crippen molar-refractivity contribution < 1.29 is 27.4 Å². The molecule has 2 aromatic carbocycles. The van der Waals surface area contributed by atoms with Gasteiger partial charge in [-0.25, -0.2) is 13.1 Å². The molecule has 1 saturated heterocycles. The average molecular weight is 700 g/mol. The van der Waals surface area contributed by atoms with E-state index >= 15 is 0 Å². The third-order valence-corrected chi connectivity index (χ3v) is 13.9. The van der Waals surface area contributed by atoms with Crippen molar-refractivity contribution in [1.82, 2.24) is 9.62 Å². The minimum absolute atomic E-state index is 0.0588. The van der Waals surface area contributed by atoms with Crippen LogP contribution < -0.4 is 14.4 Å². The number of fused-ring (bicyclic) bond motifs is 3. The van der Waals surface area contributed by atoms with Crippen molar-refractivity contribution in [3.05, 3.63) is 58.1 Å². The molecule has 2 bridgehead atoms. The van der Waals surface area contributed by atoms with Gasteiger partial charge in [-0.1, -0.05) is 31.5 Å². The topological polar surface area (TPSA) is 97.4 Å². The van der Waals surface area contributed by atoms with Gasteiger partial charge < -0.3 is 24.0 Å².